The summed E-state index contributed by atoms with van der Waals surface area (Å²) >= 11 is 0. The quantitative estimate of drug-likeness (QED) is 0.446. The molecule has 0 saturated carbocycles. The molecular formula is C7H11NO3. The highest BCUT2D eigenvalue weighted by Crippen LogP contribution is 1.66. The van der Waals surface area contributed by atoms with Gasteiger partial charge >= 0.3 is 0 Å². The number of amides is 1. The number of ketones is 2. The lowest BCUT2D eigenvalue weighted by molar-refractivity contribution is -0.134. The van der Waals surface area contributed by atoms with Gasteiger partial charge in [-0.1, -0.05) is 6.58 Å². The first kappa shape index (κ1) is 12.2. The van der Waals surface area contributed by atoms with Gasteiger partial charge in [0.15, 0.2) is 11.6 Å². The predicted octanol–water partition coefficient (Wildman–Crippen LogP) is -0.178. The van der Waals surface area contributed by atoms with Gasteiger partial charge in [-0.05, 0) is 6.08 Å². The summed E-state index contributed by atoms with van der Waals surface area (Å²) in [7, 11) is 0. The van der Waals surface area contributed by atoms with E-state index in [-0.39, 0.29) is 11.6 Å². The summed E-state index contributed by atoms with van der Waals surface area (Å²) in [5.74, 6) is -1.24. The van der Waals surface area contributed by atoms with Crippen molar-refractivity contribution in [3.05, 3.63) is 12.7 Å². The lowest BCUT2D eigenvalue weighted by Gasteiger charge is -1.73. The molecular weight excluding hydrogens is 146 g/mol. The second-order valence-corrected chi connectivity index (χ2v) is 1.72. The van der Waals surface area contributed by atoms with Crippen LogP contribution < -0.4 is 5.73 Å². The van der Waals surface area contributed by atoms with Gasteiger partial charge in [0, 0.05) is 13.8 Å². The first-order chi connectivity index (χ1) is 4.91. The van der Waals surface area contributed by atoms with Gasteiger partial charge in [-0.3, -0.25) is 14.4 Å². The molecule has 0 bridgehead atoms. The number of hydrogen-bond donors (Lipinski definition) is 1. The molecule has 0 unspecified atom stereocenters. The second-order valence-electron chi connectivity index (χ2n) is 1.72. The van der Waals surface area contributed by atoms with Crippen molar-refractivity contribution in [2.24, 2.45) is 5.73 Å². The van der Waals surface area contributed by atoms with E-state index in [1.54, 1.807) is 0 Å². The topological polar surface area (TPSA) is 77.2 Å². The van der Waals surface area contributed by atoms with E-state index >= 15 is 0 Å². The Morgan fingerprint density at radius 3 is 1.36 bits per heavy atom. The minimum absolute atomic E-state index is 0.380. The molecule has 0 aromatic heterocycles. The summed E-state index contributed by atoms with van der Waals surface area (Å²) in [6, 6.07) is 0. The molecule has 0 aliphatic heterocycles. The monoisotopic (exact) mass is 157 g/mol. The van der Waals surface area contributed by atoms with Crippen LogP contribution in [0.25, 0.3) is 0 Å². The van der Waals surface area contributed by atoms with Gasteiger partial charge in [-0.25, -0.2) is 0 Å². The molecule has 0 aromatic rings. The molecule has 0 rings (SSSR count). The van der Waals surface area contributed by atoms with Crippen molar-refractivity contribution >= 4 is 17.5 Å². The third-order valence-electron chi connectivity index (χ3n) is 0.697. The van der Waals surface area contributed by atoms with Gasteiger partial charge in [0.25, 0.3) is 0 Å². The fourth-order valence-corrected chi connectivity index (χ4v) is 0. The molecule has 0 aliphatic rings. The normalized spacial score (nSPS) is 7.09. The van der Waals surface area contributed by atoms with Crippen molar-refractivity contribution < 1.29 is 14.4 Å². The summed E-state index contributed by atoms with van der Waals surface area (Å²) in [4.78, 5) is 29.1. The Balaban J connectivity index is 0. The van der Waals surface area contributed by atoms with Crippen LogP contribution in [0.5, 0.6) is 0 Å². The number of carbonyl (C=O) groups excluding carboxylic acids is 3. The summed E-state index contributed by atoms with van der Waals surface area (Å²) in [6.07, 6.45) is 1.06. The smallest absolute Gasteiger partial charge is 0.240 e. The molecule has 0 heterocycles. The number of Topliss-reactive ketones (excluding diaryl/α,β-unsaturated/α-hetero) is 2. The zero-order chi connectivity index (χ0) is 9.44. The summed E-state index contributed by atoms with van der Waals surface area (Å²) in [6.45, 7) is 5.59. The molecule has 11 heavy (non-hydrogen) atoms. The first-order valence-electron chi connectivity index (χ1n) is 2.85. The molecule has 0 saturated heterocycles. The van der Waals surface area contributed by atoms with Crippen LogP contribution in [0.3, 0.4) is 0 Å². The Bertz CT molecular complexity index is 172. The molecule has 0 atom stereocenters. The van der Waals surface area contributed by atoms with Gasteiger partial charge in [0.2, 0.25) is 5.91 Å². The minimum Gasteiger partial charge on any atom is -0.366 e. The van der Waals surface area contributed by atoms with E-state index in [4.69, 9.17) is 0 Å². The van der Waals surface area contributed by atoms with Gasteiger partial charge in [0.1, 0.15) is 0 Å². The van der Waals surface area contributed by atoms with Gasteiger partial charge < -0.3 is 5.73 Å². The maximum atomic E-state index is 9.79. The molecule has 1 amide bonds. The second kappa shape index (κ2) is 6.67. The van der Waals surface area contributed by atoms with E-state index in [2.05, 4.69) is 12.3 Å². The van der Waals surface area contributed by atoms with Crippen LogP contribution in [0.2, 0.25) is 0 Å². The predicted molar refractivity (Wildman–Crippen MR) is 40.8 cm³/mol. The average Bonchev–Trinajstić information content (AvgIpc) is 1.89. The highest BCUT2D eigenvalue weighted by atomic mass is 16.2. The molecule has 0 spiro atoms. The van der Waals surface area contributed by atoms with Crippen LogP contribution in [-0.2, 0) is 14.4 Å². The van der Waals surface area contributed by atoms with Crippen LogP contribution >= 0.6 is 0 Å². The zero-order valence-corrected chi connectivity index (χ0v) is 6.59. The maximum Gasteiger partial charge on any atom is 0.240 e. The third-order valence-corrected chi connectivity index (χ3v) is 0.697. The number of hydrogen-bond acceptors (Lipinski definition) is 3. The van der Waals surface area contributed by atoms with Crippen molar-refractivity contribution in [1.82, 2.24) is 0 Å². The Hall–Kier alpha value is -1.45. The van der Waals surface area contributed by atoms with Crippen molar-refractivity contribution in [2.75, 3.05) is 0 Å². The Morgan fingerprint density at radius 2 is 1.36 bits per heavy atom. The number of carbonyl (C=O) groups is 3. The van der Waals surface area contributed by atoms with Gasteiger partial charge in [-0.15, -0.1) is 0 Å². The number of rotatable bonds is 2. The first-order valence-corrected chi connectivity index (χ1v) is 2.85. The van der Waals surface area contributed by atoms with Gasteiger partial charge in [0.05, 0.1) is 0 Å². The lowest BCUT2D eigenvalue weighted by Crippen LogP contribution is -2.04. The van der Waals surface area contributed by atoms with Crippen LogP contribution in [0.4, 0.5) is 0 Å². The van der Waals surface area contributed by atoms with Crippen LogP contribution in [0.15, 0.2) is 12.7 Å². The Morgan fingerprint density at radius 1 is 1.18 bits per heavy atom. The van der Waals surface area contributed by atoms with E-state index < -0.39 is 5.91 Å². The van der Waals surface area contributed by atoms with Gasteiger partial charge in [-0.2, -0.15) is 0 Å². The third kappa shape index (κ3) is 17.7. The van der Waals surface area contributed by atoms with Crippen molar-refractivity contribution in [3.8, 4) is 0 Å². The number of nitrogens with two attached hydrogens (primary N) is 1. The van der Waals surface area contributed by atoms with E-state index in [0.717, 1.165) is 6.08 Å². The largest absolute Gasteiger partial charge is 0.366 e. The molecule has 0 radical (unpaired) electrons. The zero-order valence-electron chi connectivity index (χ0n) is 6.59. The number of primary amides is 1. The van der Waals surface area contributed by atoms with E-state index in [1.165, 1.54) is 13.8 Å². The van der Waals surface area contributed by atoms with E-state index in [0.29, 0.717) is 0 Å². The fourth-order valence-electron chi connectivity index (χ4n) is 0. The average molecular weight is 157 g/mol. The molecule has 4 nitrogen and oxygen atoms in total. The lowest BCUT2D eigenvalue weighted by atomic mass is 10.3. The summed E-state index contributed by atoms with van der Waals surface area (Å²) in [5.41, 5.74) is 4.53. The molecule has 0 fully saturated rings. The summed E-state index contributed by atoms with van der Waals surface area (Å²) < 4.78 is 0. The standard InChI is InChI=1S/C4H6O2.C3H5NO/c1-3(5)4(2)6;1-2-3(4)5/h1-2H3;2H,1H2,(H2,4,5). The van der Waals surface area contributed by atoms with E-state index in [1.807, 2.05) is 0 Å². The SMILES string of the molecule is C=CC(N)=O.CC(=O)C(C)=O. The van der Waals surface area contributed by atoms with Crippen molar-refractivity contribution in [3.63, 3.8) is 0 Å². The molecule has 2 N–H and O–H groups in total. The van der Waals surface area contributed by atoms with Crippen molar-refractivity contribution in [1.29, 1.82) is 0 Å². The van der Waals surface area contributed by atoms with Crippen molar-refractivity contribution in [2.45, 2.75) is 13.8 Å². The highest BCUT2D eigenvalue weighted by Gasteiger charge is 1.94. The summed E-state index contributed by atoms with van der Waals surface area (Å²) in [5, 5.41) is 0. The molecule has 4 heteroatoms. The maximum absolute atomic E-state index is 9.79. The molecule has 62 valence electrons. The van der Waals surface area contributed by atoms with Crippen LogP contribution in [-0.4, -0.2) is 17.5 Å². The van der Waals surface area contributed by atoms with Crippen LogP contribution in [0.1, 0.15) is 13.8 Å². The molecule has 0 aliphatic carbocycles. The minimum atomic E-state index is -0.481. The van der Waals surface area contributed by atoms with E-state index in [9.17, 15) is 14.4 Å². The Kier molecular flexibility index (Phi) is 7.42. The fraction of sp³-hybridized carbons (Fsp3) is 0.286. The Labute approximate surface area is 65.1 Å². The molecule has 0 aromatic carbocycles. The highest BCUT2D eigenvalue weighted by molar-refractivity contribution is 6.35. The van der Waals surface area contributed by atoms with Crippen LogP contribution in [0, 0.1) is 0 Å².